The van der Waals surface area contributed by atoms with E-state index in [1.165, 1.54) is 5.56 Å². The molecule has 0 heterocycles. The molecule has 3 nitrogen and oxygen atoms in total. The number of hydrogen-bond donors (Lipinski definition) is 1. The summed E-state index contributed by atoms with van der Waals surface area (Å²) < 4.78 is 6.71. The van der Waals surface area contributed by atoms with Gasteiger partial charge in [-0.2, -0.15) is 0 Å². The Labute approximate surface area is 146 Å². The van der Waals surface area contributed by atoms with Gasteiger partial charge in [0.1, 0.15) is 5.75 Å². The second kappa shape index (κ2) is 8.16. The van der Waals surface area contributed by atoms with Crippen LogP contribution >= 0.6 is 15.9 Å². The summed E-state index contributed by atoms with van der Waals surface area (Å²) in [6.07, 6.45) is 1.61. The Morgan fingerprint density at radius 3 is 2.52 bits per heavy atom. The minimum atomic E-state index is -0.560. The lowest BCUT2D eigenvalue weighted by Gasteiger charge is -2.16. The molecule has 0 spiro atoms. The quantitative estimate of drug-likeness (QED) is 0.760. The summed E-state index contributed by atoms with van der Waals surface area (Å²) in [4.78, 5) is 12.3. The fourth-order valence-corrected chi connectivity index (χ4v) is 2.76. The zero-order valence-electron chi connectivity index (χ0n) is 13.7. The van der Waals surface area contributed by atoms with E-state index in [1.807, 2.05) is 49.4 Å². The van der Waals surface area contributed by atoms with Gasteiger partial charge in [-0.3, -0.25) is 4.79 Å². The van der Waals surface area contributed by atoms with Crippen LogP contribution in [0.1, 0.15) is 31.4 Å². The summed E-state index contributed by atoms with van der Waals surface area (Å²) in [5, 5.41) is 2.90. The number of carbonyl (C=O) groups excluding carboxylic acids is 1. The van der Waals surface area contributed by atoms with E-state index in [0.717, 1.165) is 28.6 Å². The Morgan fingerprint density at radius 1 is 1.22 bits per heavy atom. The minimum absolute atomic E-state index is 0.159. The van der Waals surface area contributed by atoms with Crippen molar-refractivity contribution in [2.24, 2.45) is 0 Å². The van der Waals surface area contributed by atoms with Crippen molar-refractivity contribution < 1.29 is 9.53 Å². The van der Waals surface area contributed by atoms with E-state index in [4.69, 9.17) is 4.74 Å². The fourth-order valence-electron chi connectivity index (χ4n) is 2.28. The van der Waals surface area contributed by atoms with E-state index >= 15 is 0 Å². The molecule has 23 heavy (non-hydrogen) atoms. The summed E-state index contributed by atoms with van der Waals surface area (Å²) in [7, 11) is 0. The topological polar surface area (TPSA) is 38.3 Å². The summed E-state index contributed by atoms with van der Waals surface area (Å²) >= 11 is 3.42. The van der Waals surface area contributed by atoms with Gasteiger partial charge in [-0.25, -0.2) is 0 Å². The summed E-state index contributed by atoms with van der Waals surface area (Å²) in [6.45, 7) is 5.86. The van der Waals surface area contributed by atoms with Crippen LogP contribution in [0.2, 0.25) is 0 Å². The Balaban J connectivity index is 1.96. The molecular weight excluding hydrogens is 354 g/mol. The van der Waals surface area contributed by atoms with Gasteiger partial charge >= 0.3 is 0 Å². The highest BCUT2D eigenvalue weighted by atomic mass is 79.9. The van der Waals surface area contributed by atoms with Crippen LogP contribution < -0.4 is 10.1 Å². The predicted octanol–water partition coefficient (Wildman–Crippen LogP) is 5.12. The third-order valence-electron chi connectivity index (χ3n) is 3.59. The molecule has 0 radical (unpaired) electrons. The first-order valence-corrected chi connectivity index (χ1v) is 8.61. The van der Waals surface area contributed by atoms with E-state index in [0.29, 0.717) is 5.75 Å². The first-order chi connectivity index (χ1) is 11.0. The third-order valence-corrected chi connectivity index (χ3v) is 4.08. The molecule has 2 rings (SSSR count). The minimum Gasteiger partial charge on any atom is -0.481 e. The number of amides is 1. The number of anilines is 1. The van der Waals surface area contributed by atoms with Gasteiger partial charge in [0.25, 0.3) is 5.91 Å². The highest BCUT2D eigenvalue weighted by Gasteiger charge is 2.15. The van der Waals surface area contributed by atoms with Gasteiger partial charge < -0.3 is 10.1 Å². The number of carbonyl (C=O) groups is 1. The van der Waals surface area contributed by atoms with Crippen molar-refractivity contribution in [2.75, 3.05) is 5.32 Å². The molecule has 0 saturated carbocycles. The molecule has 2 aromatic carbocycles. The van der Waals surface area contributed by atoms with E-state index in [-0.39, 0.29) is 5.91 Å². The highest BCUT2D eigenvalue weighted by Crippen LogP contribution is 2.21. The number of hydrogen-bond acceptors (Lipinski definition) is 2. The zero-order valence-corrected chi connectivity index (χ0v) is 15.3. The molecule has 0 bridgehead atoms. The Hall–Kier alpha value is -1.81. The van der Waals surface area contributed by atoms with Crippen molar-refractivity contribution in [1.29, 1.82) is 0 Å². The van der Waals surface area contributed by atoms with Crippen molar-refractivity contribution in [3.8, 4) is 5.75 Å². The lowest BCUT2D eigenvalue weighted by molar-refractivity contribution is -0.122. The zero-order chi connectivity index (χ0) is 16.8. The lowest BCUT2D eigenvalue weighted by Crippen LogP contribution is -2.30. The van der Waals surface area contributed by atoms with Gasteiger partial charge in [-0.05, 0) is 61.7 Å². The molecule has 1 amide bonds. The predicted molar refractivity (Wildman–Crippen MR) is 98.0 cm³/mol. The van der Waals surface area contributed by atoms with Crippen LogP contribution in [0.15, 0.2) is 46.9 Å². The first kappa shape index (κ1) is 17.5. The molecule has 2 aromatic rings. The average molecular weight is 376 g/mol. The van der Waals surface area contributed by atoms with E-state index in [1.54, 1.807) is 6.92 Å². The molecule has 1 atom stereocenters. The van der Waals surface area contributed by atoms with Crippen molar-refractivity contribution in [3.05, 3.63) is 58.1 Å². The summed E-state index contributed by atoms with van der Waals surface area (Å²) in [6, 6.07) is 13.7. The molecule has 0 aliphatic rings. The van der Waals surface area contributed by atoms with Crippen LogP contribution in [0.4, 0.5) is 5.69 Å². The van der Waals surface area contributed by atoms with Gasteiger partial charge in [-0.15, -0.1) is 0 Å². The monoisotopic (exact) mass is 375 g/mol. The maximum atomic E-state index is 12.3. The fraction of sp³-hybridized carbons (Fsp3) is 0.316. The van der Waals surface area contributed by atoms with Gasteiger partial charge in [0.2, 0.25) is 0 Å². The SMILES string of the molecule is CCCc1ccc(OC(C)C(=O)Nc2ccc(Br)cc2C)cc1. The lowest BCUT2D eigenvalue weighted by atomic mass is 10.1. The molecular formula is C19H22BrNO2. The molecule has 1 unspecified atom stereocenters. The highest BCUT2D eigenvalue weighted by molar-refractivity contribution is 9.10. The molecule has 0 fully saturated rings. The molecule has 1 N–H and O–H groups in total. The molecule has 0 saturated heterocycles. The number of halogens is 1. The Bertz CT molecular complexity index is 668. The second-order valence-electron chi connectivity index (χ2n) is 5.60. The maximum absolute atomic E-state index is 12.3. The van der Waals surface area contributed by atoms with Crippen molar-refractivity contribution in [1.82, 2.24) is 0 Å². The smallest absolute Gasteiger partial charge is 0.265 e. The number of rotatable bonds is 6. The van der Waals surface area contributed by atoms with Crippen LogP contribution in [0.3, 0.4) is 0 Å². The molecule has 0 aliphatic heterocycles. The maximum Gasteiger partial charge on any atom is 0.265 e. The van der Waals surface area contributed by atoms with Gasteiger partial charge in [0.05, 0.1) is 0 Å². The number of nitrogens with one attached hydrogen (secondary N) is 1. The van der Waals surface area contributed by atoms with Crippen LogP contribution in [0.25, 0.3) is 0 Å². The molecule has 4 heteroatoms. The van der Waals surface area contributed by atoms with Gasteiger partial charge in [-0.1, -0.05) is 41.4 Å². The van der Waals surface area contributed by atoms with Crippen molar-refractivity contribution in [3.63, 3.8) is 0 Å². The summed E-state index contributed by atoms with van der Waals surface area (Å²) in [5.74, 6) is 0.549. The average Bonchev–Trinajstić information content (AvgIpc) is 2.52. The Morgan fingerprint density at radius 2 is 1.91 bits per heavy atom. The standard InChI is InChI=1S/C19H22BrNO2/c1-4-5-15-6-9-17(10-7-15)23-14(3)19(22)21-18-11-8-16(20)12-13(18)2/h6-12,14H,4-5H2,1-3H3,(H,21,22). The molecule has 0 aliphatic carbocycles. The van der Waals surface area contributed by atoms with Crippen LogP contribution in [-0.4, -0.2) is 12.0 Å². The number of ether oxygens (including phenoxy) is 1. The van der Waals surface area contributed by atoms with E-state index < -0.39 is 6.10 Å². The first-order valence-electron chi connectivity index (χ1n) is 7.82. The molecule has 0 aromatic heterocycles. The van der Waals surface area contributed by atoms with Gasteiger partial charge in [0.15, 0.2) is 6.10 Å². The second-order valence-corrected chi connectivity index (χ2v) is 6.52. The van der Waals surface area contributed by atoms with Crippen LogP contribution in [0.5, 0.6) is 5.75 Å². The normalized spacial score (nSPS) is 11.8. The van der Waals surface area contributed by atoms with Crippen molar-refractivity contribution in [2.45, 2.75) is 39.7 Å². The van der Waals surface area contributed by atoms with Gasteiger partial charge in [0, 0.05) is 10.2 Å². The van der Waals surface area contributed by atoms with Crippen LogP contribution in [0, 0.1) is 6.92 Å². The largest absolute Gasteiger partial charge is 0.481 e. The van der Waals surface area contributed by atoms with E-state index in [9.17, 15) is 4.79 Å². The Kier molecular flexibility index (Phi) is 6.22. The van der Waals surface area contributed by atoms with E-state index in [2.05, 4.69) is 28.2 Å². The third kappa shape index (κ3) is 5.10. The van der Waals surface area contributed by atoms with Crippen LogP contribution in [-0.2, 0) is 11.2 Å². The summed E-state index contributed by atoms with van der Waals surface area (Å²) in [5.41, 5.74) is 3.08. The number of aryl methyl sites for hydroxylation is 2. The number of benzene rings is 2. The van der Waals surface area contributed by atoms with Crippen molar-refractivity contribution >= 4 is 27.5 Å². The molecule has 122 valence electrons.